The number of hydrogen-bond donors (Lipinski definition) is 3. The first-order valence-electron chi connectivity index (χ1n) is 6.31. The van der Waals surface area contributed by atoms with Crippen molar-refractivity contribution in [2.75, 3.05) is 13.2 Å². The van der Waals surface area contributed by atoms with Crippen molar-refractivity contribution in [3.05, 3.63) is 0 Å². The molecule has 0 aliphatic heterocycles. The molecule has 0 aromatic rings. The molecule has 6 heteroatoms. The van der Waals surface area contributed by atoms with Crippen LogP contribution < -0.4 is 10.6 Å². The molecule has 18 heavy (non-hydrogen) atoms. The van der Waals surface area contributed by atoms with Gasteiger partial charge in [0.25, 0.3) is 0 Å². The van der Waals surface area contributed by atoms with E-state index in [0.29, 0.717) is 26.1 Å². The van der Waals surface area contributed by atoms with Crippen molar-refractivity contribution < 1.29 is 19.4 Å². The van der Waals surface area contributed by atoms with E-state index >= 15 is 0 Å². The molecular weight excluding hydrogens is 236 g/mol. The van der Waals surface area contributed by atoms with E-state index in [0.717, 1.165) is 0 Å². The first kappa shape index (κ1) is 14.8. The highest BCUT2D eigenvalue weighted by molar-refractivity contribution is 5.89. The second-order valence-electron chi connectivity index (χ2n) is 5.00. The molecule has 0 heterocycles. The number of rotatable bonds is 7. The van der Waals surface area contributed by atoms with Gasteiger partial charge < -0.3 is 20.5 Å². The zero-order valence-corrected chi connectivity index (χ0v) is 11.2. The minimum Gasteiger partial charge on any atom is -0.480 e. The van der Waals surface area contributed by atoms with Gasteiger partial charge in [0.2, 0.25) is 0 Å². The summed E-state index contributed by atoms with van der Waals surface area (Å²) < 4.78 is 5.29. The van der Waals surface area contributed by atoms with E-state index in [1.165, 1.54) is 0 Å². The molecule has 1 aliphatic carbocycles. The maximum absolute atomic E-state index is 11.7. The maximum atomic E-state index is 11.7. The molecule has 1 aliphatic rings. The van der Waals surface area contributed by atoms with Gasteiger partial charge in [0.1, 0.15) is 5.54 Å². The Morgan fingerprint density at radius 2 is 2.00 bits per heavy atom. The second-order valence-corrected chi connectivity index (χ2v) is 5.00. The van der Waals surface area contributed by atoms with Crippen molar-refractivity contribution in [1.82, 2.24) is 10.6 Å². The second kappa shape index (κ2) is 6.04. The average molecular weight is 258 g/mol. The lowest BCUT2D eigenvalue weighted by Crippen LogP contribution is -2.52. The van der Waals surface area contributed by atoms with Crippen molar-refractivity contribution in [3.8, 4) is 0 Å². The topological polar surface area (TPSA) is 87.7 Å². The number of carboxylic acid groups (broad SMARTS) is 1. The fourth-order valence-corrected chi connectivity index (χ4v) is 1.58. The number of carbonyl (C=O) groups is 2. The van der Waals surface area contributed by atoms with Gasteiger partial charge in [-0.25, -0.2) is 9.59 Å². The van der Waals surface area contributed by atoms with Crippen molar-refractivity contribution in [2.45, 2.75) is 45.2 Å². The van der Waals surface area contributed by atoms with E-state index < -0.39 is 17.5 Å². The highest BCUT2D eigenvalue weighted by Gasteiger charge is 2.51. The Morgan fingerprint density at radius 1 is 1.39 bits per heavy atom. The largest absolute Gasteiger partial charge is 0.480 e. The summed E-state index contributed by atoms with van der Waals surface area (Å²) in [5.41, 5.74) is -1.04. The lowest BCUT2D eigenvalue weighted by atomic mass is 10.1. The first-order valence-corrected chi connectivity index (χ1v) is 6.31. The van der Waals surface area contributed by atoms with E-state index in [1.54, 1.807) is 0 Å². The van der Waals surface area contributed by atoms with E-state index in [9.17, 15) is 9.59 Å². The van der Waals surface area contributed by atoms with Crippen LogP contribution in [0.25, 0.3) is 0 Å². The van der Waals surface area contributed by atoms with Crippen LogP contribution in [-0.2, 0) is 9.53 Å². The van der Waals surface area contributed by atoms with Gasteiger partial charge in [-0.2, -0.15) is 0 Å². The molecule has 0 bridgehead atoms. The summed E-state index contributed by atoms with van der Waals surface area (Å²) in [6.07, 6.45) is 0.987. The summed E-state index contributed by atoms with van der Waals surface area (Å²) in [5.74, 6) is -0.745. The fraction of sp³-hybridized carbons (Fsp3) is 0.833. The number of carboxylic acids is 1. The van der Waals surface area contributed by atoms with E-state index in [-0.39, 0.29) is 12.0 Å². The molecule has 1 fully saturated rings. The number of hydrogen-bond acceptors (Lipinski definition) is 3. The Kier molecular flexibility index (Phi) is 4.95. The van der Waals surface area contributed by atoms with Crippen LogP contribution >= 0.6 is 0 Å². The molecular formula is C12H22N2O4. The predicted molar refractivity (Wildman–Crippen MR) is 66.4 cm³/mol. The van der Waals surface area contributed by atoms with Crippen LogP contribution in [0.5, 0.6) is 0 Å². The van der Waals surface area contributed by atoms with E-state index in [4.69, 9.17) is 9.84 Å². The van der Waals surface area contributed by atoms with Gasteiger partial charge in [-0.15, -0.1) is 0 Å². The van der Waals surface area contributed by atoms with Crippen LogP contribution in [0.15, 0.2) is 0 Å². The van der Waals surface area contributed by atoms with Crippen LogP contribution in [0.4, 0.5) is 4.79 Å². The molecule has 0 saturated heterocycles. The number of aliphatic carboxylic acids is 1. The summed E-state index contributed by atoms with van der Waals surface area (Å²) in [5, 5.41) is 14.3. The van der Waals surface area contributed by atoms with Crippen LogP contribution in [0.1, 0.15) is 33.6 Å². The molecule has 0 aromatic carbocycles. The Hall–Kier alpha value is -1.30. The fourth-order valence-electron chi connectivity index (χ4n) is 1.58. The summed E-state index contributed by atoms with van der Waals surface area (Å²) in [4.78, 5) is 22.7. The third-order valence-corrected chi connectivity index (χ3v) is 3.13. The van der Waals surface area contributed by atoms with Gasteiger partial charge in [-0.1, -0.05) is 13.8 Å². The zero-order chi connectivity index (χ0) is 13.8. The van der Waals surface area contributed by atoms with Gasteiger partial charge in [-0.3, -0.25) is 0 Å². The molecule has 6 nitrogen and oxygen atoms in total. The average Bonchev–Trinajstić information content (AvgIpc) is 3.04. The van der Waals surface area contributed by atoms with Gasteiger partial charge in [0.15, 0.2) is 0 Å². The molecule has 1 saturated carbocycles. The molecule has 2 amide bonds. The number of urea groups is 1. The Balaban J connectivity index is 2.44. The third-order valence-electron chi connectivity index (χ3n) is 3.13. The summed E-state index contributed by atoms with van der Waals surface area (Å²) in [6.45, 7) is 6.87. The molecule has 0 radical (unpaired) electrons. The standard InChI is InChI=1S/C12H22N2O4/c1-4-18-7-9(8(2)3)13-11(17)14-12(5-6-12)10(15)16/h8-9H,4-7H2,1-3H3,(H,15,16)(H2,13,14,17). The number of amides is 2. The van der Waals surface area contributed by atoms with Crippen molar-refractivity contribution >= 4 is 12.0 Å². The smallest absolute Gasteiger partial charge is 0.329 e. The first-order chi connectivity index (χ1) is 8.41. The van der Waals surface area contributed by atoms with Gasteiger partial charge in [0.05, 0.1) is 12.6 Å². The molecule has 1 atom stereocenters. The van der Waals surface area contributed by atoms with Gasteiger partial charge >= 0.3 is 12.0 Å². The molecule has 1 unspecified atom stereocenters. The van der Waals surface area contributed by atoms with Crippen molar-refractivity contribution in [2.24, 2.45) is 5.92 Å². The Labute approximate surface area is 107 Å². The van der Waals surface area contributed by atoms with Crippen LogP contribution in [0.2, 0.25) is 0 Å². The number of nitrogens with one attached hydrogen (secondary N) is 2. The molecule has 0 spiro atoms. The third kappa shape index (κ3) is 3.87. The normalized spacial score (nSPS) is 18.2. The number of carbonyl (C=O) groups excluding carboxylic acids is 1. The van der Waals surface area contributed by atoms with Crippen LogP contribution in [0.3, 0.4) is 0 Å². The monoisotopic (exact) mass is 258 g/mol. The quantitative estimate of drug-likeness (QED) is 0.635. The van der Waals surface area contributed by atoms with Crippen LogP contribution in [-0.4, -0.2) is 41.9 Å². The minimum absolute atomic E-state index is 0.116. The van der Waals surface area contributed by atoms with Crippen molar-refractivity contribution in [3.63, 3.8) is 0 Å². The van der Waals surface area contributed by atoms with Gasteiger partial charge in [0, 0.05) is 6.61 Å². The number of ether oxygens (including phenoxy) is 1. The minimum atomic E-state index is -1.04. The van der Waals surface area contributed by atoms with Crippen LogP contribution in [0, 0.1) is 5.92 Å². The summed E-state index contributed by atoms with van der Waals surface area (Å²) in [7, 11) is 0. The lowest BCUT2D eigenvalue weighted by molar-refractivity contribution is -0.140. The maximum Gasteiger partial charge on any atom is 0.329 e. The predicted octanol–water partition coefficient (Wildman–Crippen LogP) is 0.964. The Morgan fingerprint density at radius 3 is 2.39 bits per heavy atom. The SMILES string of the molecule is CCOCC(NC(=O)NC1(C(=O)O)CC1)C(C)C. The zero-order valence-electron chi connectivity index (χ0n) is 11.2. The highest BCUT2D eigenvalue weighted by Crippen LogP contribution is 2.35. The molecule has 0 aromatic heterocycles. The van der Waals surface area contributed by atoms with Gasteiger partial charge in [-0.05, 0) is 25.7 Å². The van der Waals surface area contributed by atoms with E-state index in [2.05, 4.69) is 10.6 Å². The lowest BCUT2D eigenvalue weighted by Gasteiger charge is -2.23. The Bertz CT molecular complexity index is 313. The molecule has 104 valence electrons. The molecule has 1 rings (SSSR count). The van der Waals surface area contributed by atoms with E-state index in [1.807, 2.05) is 20.8 Å². The van der Waals surface area contributed by atoms with Crippen molar-refractivity contribution in [1.29, 1.82) is 0 Å². The summed E-state index contributed by atoms with van der Waals surface area (Å²) >= 11 is 0. The molecule has 3 N–H and O–H groups in total. The summed E-state index contributed by atoms with van der Waals surface area (Å²) in [6, 6.07) is -0.553. The highest BCUT2D eigenvalue weighted by atomic mass is 16.5.